The van der Waals surface area contributed by atoms with Crippen molar-refractivity contribution in [3.63, 3.8) is 0 Å². The Bertz CT molecular complexity index is 1020. The number of aliphatic carboxylic acids is 1. The summed E-state index contributed by atoms with van der Waals surface area (Å²) in [5, 5.41) is 16.8. The molecular weight excluding hydrogens is 540 g/mol. The molecule has 0 aromatic carbocycles. The van der Waals surface area contributed by atoms with Crippen LogP contribution < -0.4 is 16.0 Å². The third-order valence-corrected chi connectivity index (χ3v) is 6.26. The zero-order valence-corrected chi connectivity index (χ0v) is 23.9. The molecule has 14 nitrogen and oxygen atoms in total. The van der Waals surface area contributed by atoms with Crippen molar-refractivity contribution in [2.24, 2.45) is 5.92 Å². The van der Waals surface area contributed by atoms with E-state index in [4.69, 9.17) is 4.74 Å². The van der Waals surface area contributed by atoms with E-state index in [-0.39, 0.29) is 69.3 Å². The van der Waals surface area contributed by atoms with Crippen LogP contribution in [0.4, 0.5) is 0 Å². The van der Waals surface area contributed by atoms with Gasteiger partial charge in [0.15, 0.2) is 5.78 Å². The predicted molar refractivity (Wildman–Crippen MR) is 144 cm³/mol. The van der Waals surface area contributed by atoms with E-state index in [1.807, 2.05) is 0 Å². The maximum Gasteiger partial charge on any atom is 0.326 e. The molecule has 3 atom stereocenters. The molecule has 1 aliphatic rings. The van der Waals surface area contributed by atoms with Crippen molar-refractivity contribution in [1.82, 2.24) is 20.9 Å². The number of rotatable bonds is 20. The zero-order chi connectivity index (χ0) is 31.1. The van der Waals surface area contributed by atoms with Crippen molar-refractivity contribution in [1.29, 1.82) is 0 Å². The van der Waals surface area contributed by atoms with Crippen LogP contribution in [0.1, 0.15) is 66.2 Å². The lowest BCUT2D eigenvalue weighted by molar-refractivity contribution is -0.142. The number of ether oxygens (including phenoxy) is 1. The van der Waals surface area contributed by atoms with Crippen molar-refractivity contribution in [3.8, 4) is 0 Å². The Morgan fingerprint density at radius 3 is 2.02 bits per heavy atom. The van der Waals surface area contributed by atoms with Gasteiger partial charge in [-0.15, -0.1) is 0 Å². The molecule has 1 unspecified atom stereocenters. The highest BCUT2D eigenvalue weighted by molar-refractivity contribution is 6.13. The van der Waals surface area contributed by atoms with E-state index in [0.717, 1.165) is 17.1 Å². The van der Waals surface area contributed by atoms with Gasteiger partial charge in [-0.25, -0.2) is 4.79 Å². The van der Waals surface area contributed by atoms with Gasteiger partial charge >= 0.3 is 5.97 Å². The van der Waals surface area contributed by atoms with E-state index >= 15 is 0 Å². The van der Waals surface area contributed by atoms with Gasteiger partial charge in [0, 0.05) is 51.0 Å². The number of amides is 5. The van der Waals surface area contributed by atoms with Crippen LogP contribution in [-0.4, -0.2) is 95.0 Å². The first-order valence-electron chi connectivity index (χ1n) is 13.5. The highest BCUT2D eigenvalue weighted by Gasteiger charge is 2.27. The average molecular weight is 581 g/mol. The van der Waals surface area contributed by atoms with Gasteiger partial charge in [0.1, 0.15) is 17.9 Å². The second-order valence-corrected chi connectivity index (χ2v) is 10.0. The number of nitrogens with zero attached hydrogens (tertiary/aromatic N) is 1. The van der Waals surface area contributed by atoms with Crippen LogP contribution in [0.2, 0.25) is 0 Å². The van der Waals surface area contributed by atoms with Crippen molar-refractivity contribution >= 4 is 47.1 Å². The van der Waals surface area contributed by atoms with Gasteiger partial charge in [0.05, 0.1) is 12.6 Å². The van der Waals surface area contributed by atoms with Crippen LogP contribution in [0, 0.1) is 5.92 Å². The molecule has 4 N–H and O–H groups in total. The lowest BCUT2D eigenvalue weighted by Gasteiger charge is -2.23. The molecule has 0 fully saturated rings. The second kappa shape index (κ2) is 17.7. The normalized spacial score (nSPS) is 14.9. The first kappa shape index (κ1) is 35.1. The highest BCUT2D eigenvalue weighted by atomic mass is 16.5. The Labute approximate surface area is 238 Å². The fourth-order valence-electron chi connectivity index (χ4n) is 3.64. The molecule has 0 saturated carbocycles. The number of nitrogens with one attached hydrogen (secondary N) is 3. The van der Waals surface area contributed by atoms with Gasteiger partial charge in [-0.3, -0.25) is 38.5 Å². The summed E-state index contributed by atoms with van der Waals surface area (Å²) in [6.07, 6.45) is 2.27. The Hall–Kier alpha value is -3.94. The third kappa shape index (κ3) is 13.3. The van der Waals surface area contributed by atoms with E-state index in [2.05, 4.69) is 16.0 Å². The standard InChI is InChI=1S/C27H40N4O10/c1-16(2)25(26(38)28-17(3)18(4)32)30-21(34)8-7-20(27(39)40)29-22(35)12-15-41-14-5-6-19(33)11-13-31-23(36)9-10-24(31)37/h9-10,16-17,20,25H,5-8,11-15H2,1-4H3,(H,28,38)(H,29,35)(H,30,34)(H,39,40)/t17-,20-,25?/m0/s1. The molecule has 0 spiro atoms. The molecule has 0 radical (unpaired) electrons. The largest absolute Gasteiger partial charge is 0.480 e. The number of carbonyl (C=O) groups excluding carboxylic acids is 7. The zero-order valence-electron chi connectivity index (χ0n) is 23.9. The maximum atomic E-state index is 12.4. The number of imide groups is 1. The minimum atomic E-state index is -1.33. The van der Waals surface area contributed by atoms with Crippen molar-refractivity contribution in [2.75, 3.05) is 19.8 Å². The Morgan fingerprint density at radius 1 is 0.854 bits per heavy atom. The van der Waals surface area contributed by atoms with Gasteiger partial charge in [0.25, 0.3) is 11.8 Å². The number of carboxylic acid groups (broad SMARTS) is 1. The molecular formula is C27H40N4O10. The molecule has 0 aliphatic carbocycles. The first-order valence-corrected chi connectivity index (χ1v) is 13.5. The van der Waals surface area contributed by atoms with Gasteiger partial charge in [-0.2, -0.15) is 0 Å². The van der Waals surface area contributed by atoms with Gasteiger partial charge in [-0.1, -0.05) is 13.8 Å². The van der Waals surface area contributed by atoms with Crippen LogP contribution in [-0.2, 0) is 43.1 Å². The molecule has 0 aromatic heterocycles. The van der Waals surface area contributed by atoms with Crippen molar-refractivity contribution in [3.05, 3.63) is 12.2 Å². The van der Waals surface area contributed by atoms with Crippen LogP contribution >= 0.6 is 0 Å². The summed E-state index contributed by atoms with van der Waals surface area (Å²) in [5.74, 6) is -4.61. The average Bonchev–Trinajstić information content (AvgIpc) is 3.21. The summed E-state index contributed by atoms with van der Waals surface area (Å²) in [6.45, 7) is 6.46. The Balaban J connectivity index is 2.32. The molecule has 41 heavy (non-hydrogen) atoms. The predicted octanol–water partition coefficient (Wildman–Crippen LogP) is -0.358. The smallest absolute Gasteiger partial charge is 0.326 e. The molecule has 0 saturated heterocycles. The summed E-state index contributed by atoms with van der Waals surface area (Å²) in [5.41, 5.74) is 0. The number of hydrogen-bond acceptors (Lipinski definition) is 9. The molecule has 0 bridgehead atoms. The van der Waals surface area contributed by atoms with Gasteiger partial charge in [0.2, 0.25) is 17.7 Å². The first-order chi connectivity index (χ1) is 19.2. The molecule has 5 amide bonds. The molecule has 1 rings (SSSR count). The van der Waals surface area contributed by atoms with Crippen molar-refractivity contribution < 1.29 is 48.2 Å². The third-order valence-electron chi connectivity index (χ3n) is 6.26. The monoisotopic (exact) mass is 580 g/mol. The fraction of sp³-hybridized carbons (Fsp3) is 0.630. The summed E-state index contributed by atoms with van der Waals surface area (Å²) in [6, 6.07) is -2.98. The number of hydrogen-bond donors (Lipinski definition) is 4. The quantitative estimate of drug-likeness (QED) is 0.109. The summed E-state index contributed by atoms with van der Waals surface area (Å²) >= 11 is 0. The molecule has 1 heterocycles. The van der Waals surface area contributed by atoms with Crippen LogP contribution in [0.3, 0.4) is 0 Å². The SMILES string of the molecule is CC(=O)[C@H](C)NC(=O)C(NC(=O)CC[C@H](NC(=O)CCOCCCC(=O)CCN1C(=O)C=CC1=O)C(=O)O)C(C)C. The summed E-state index contributed by atoms with van der Waals surface area (Å²) < 4.78 is 5.33. The lowest BCUT2D eigenvalue weighted by atomic mass is 10.0. The topological polar surface area (TPSA) is 205 Å². The van der Waals surface area contributed by atoms with E-state index in [1.54, 1.807) is 13.8 Å². The van der Waals surface area contributed by atoms with E-state index < -0.39 is 53.6 Å². The van der Waals surface area contributed by atoms with E-state index in [0.29, 0.717) is 6.42 Å². The molecule has 0 aromatic rings. The van der Waals surface area contributed by atoms with E-state index in [1.165, 1.54) is 13.8 Å². The Morgan fingerprint density at radius 2 is 1.46 bits per heavy atom. The van der Waals surface area contributed by atoms with Crippen LogP contribution in [0.15, 0.2) is 12.2 Å². The maximum absolute atomic E-state index is 12.4. The number of carbonyl (C=O) groups is 8. The summed E-state index contributed by atoms with van der Waals surface area (Å²) in [4.78, 5) is 95.9. The van der Waals surface area contributed by atoms with Crippen molar-refractivity contribution in [2.45, 2.75) is 84.3 Å². The minimum absolute atomic E-state index is 0.0147. The number of Topliss-reactive ketones (excluding diaryl/α,β-unsaturated/α-hetero) is 2. The lowest BCUT2D eigenvalue weighted by Crippen LogP contribution is -2.53. The summed E-state index contributed by atoms with van der Waals surface area (Å²) in [7, 11) is 0. The molecule has 1 aliphatic heterocycles. The van der Waals surface area contributed by atoms with Gasteiger partial charge in [-0.05, 0) is 32.6 Å². The molecule has 228 valence electrons. The van der Waals surface area contributed by atoms with Crippen LogP contribution in [0.25, 0.3) is 0 Å². The Kier molecular flexibility index (Phi) is 15.1. The number of carboxylic acids is 1. The molecule has 14 heteroatoms. The van der Waals surface area contributed by atoms with E-state index in [9.17, 15) is 43.5 Å². The highest BCUT2D eigenvalue weighted by Crippen LogP contribution is 2.07. The number of ketones is 2. The minimum Gasteiger partial charge on any atom is -0.480 e. The second-order valence-electron chi connectivity index (χ2n) is 10.0. The van der Waals surface area contributed by atoms with Crippen LogP contribution in [0.5, 0.6) is 0 Å². The fourth-order valence-corrected chi connectivity index (χ4v) is 3.64. The van der Waals surface area contributed by atoms with Gasteiger partial charge < -0.3 is 25.8 Å².